The third-order valence-corrected chi connectivity index (χ3v) is 6.20. The van der Waals surface area contributed by atoms with Gasteiger partial charge in [0.25, 0.3) is 0 Å². The number of hydrogen-bond acceptors (Lipinski definition) is 3. The second kappa shape index (κ2) is 10.9. The minimum Gasteiger partial charge on any atom is -0.310 e. The number of nitriles is 2. The van der Waals surface area contributed by atoms with Crippen molar-refractivity contribution in [3.8, 4) is 12.1 Å². The number of allylic oxidation sites excluding steroid dienone is 1. The molecule has 0 bridgehead atoms. The molecule has 0 radical (unpaired) electrons. The predicted octanol–water partition coefficient (Wildman–Crippen LogP) is 10.1. The zero-order valence-corrected chi connectivity index (χ0v) is 21.4. The molecule has 0 fully saturated rings. The van der Waals surface area contributed by atoms with Crippen molar-refractivity contribution < 1.29 is 52.7 Å². The van der Waals surface area contributed by atoms with Crippen LogP contribution in [0.1, 0.15) is 34.7 Å². The molecule has 226 valence electrons. The van der Waals surface area contributed by atoms with Crippen LogP contribution in [-0.4, -0.2) is 0 Å². The Morgan fingerprint density at radius 3 is 1.07 bits per heavy atom. The van der Waals surface area contributed by atoms with Gasteiger partial charge in [-0.15, -0.1) is 0 Å². The van der Waals surface area contributed by atoms with E-state index in [4.69, 9.17) is 0 Å². The van der Waals surface area contributed by atoms with Gasteiger partial charge in [-0.05, 0) is 66.6 Å². The van der Waals surface area contributed by atoms with Crippen LogP contribution in [0.25, 0.3) is 0 Å². The van der Waals surface area contributed by atoms with Crippen molar-refractivity contribution in [3.05, 3.63) is 101 Å². The summed E-state index contributed by atoms with van der Waals surface area (Å²) in [5.41, 5.74) is -12.3. The molecule has 3 aromatic rings. The second-order valence-corrected chi connectivity index (χ2v) is 9.16. The van der Waals surface area contributed by atoms with Gasteiger partial charge in [0.05, 0.1) is 34.4 Å². The summed E-state index contributed by atoms with van der Waals surface area (Å²) in [5.74, 6) is 0. The van der Waals surface area contributed by atoms with E-state index in [9.17, 15) is 63.2 Å². The smallest absolute Gasteiger partial charge is 0.310 e. The quantitative estimate of drug-likeness (QED) is 0.211. The average molecular weight is 621 g/mol. The van der Waals surface area contributed by atoms with E-state index in [2.05, 4.69) is 6.58 Å². The highest BCUT2D eigenvalue weighted by Crippen LogP contribution is 2.46. The molecule has 0 aliphatic heterocycles. The second-order valence-electron chi connectivity index (χ2n) is 9.16. The zero-order valence-electron chi connectivity index (χ0n) is 21.4. The van der Waals surface area contributed by atoms with Crippen LogP contribution < -0.4 is 4.90 Å². The van der Waals surface area contributed by atoms with Gasteiger partial charge in [0.15, 0.2) is 5.41 Å². The Labute approximate surface area is 235 Å². The summed E-state index contributed by atoms with van der Waals surface area (Å²) in [5, 5.41) is 19.2. The molecule has 0 saturated heterocycles. The van der Waals surface area contributed by atoms with Gasteiger partial charge in [0.1, 0.15) is 0 Å². The van der Waals surface area contributed by atoms with Crippen molar-refractivity contribution in [2.75, 3.05) is 4.90 Å². The van der Waals surface area contributed by atoms with E-state index in [1.165, 1.54) is 6.92 Å². The Hall–Kier alpha value is -4.66. The van der Waals surface area contributed by atoms with Gasteiger partial charge in [-0.2, -0.15) is 63.2 Å². The minimum atomic E-state index is -5.41. The van der Waals surface area contributed by atoms with Crippen molar-refractivity contribution in [3.63, 3.8) is 0 Å². The maximum absolute atomic E-state index is 13.6. The fourth-order valence-electron chi connectivity index (χ4n) is 4.03. The normalized spacial score (nSPS) is 12.8. The van der Waals surface area contributed by atoms with Crippen LogP contribution >= 0.6 is 0 Å². The molecular weight excluding hydrogens is 606 g/mol. The summed E-state index contributed by atoms with van der Waals surface area (Å²) in [6, 6.07) is 7.24. The number of hydrogen-bond donors (Lipinski definition) is 0. The van der Waals surface area contributed by atoms with E-state index in [1.54, 1.807) is 12.1 Å². The van der Waals surface area contributed by atoms with Crippen molar-refractivity contribution in [1.29, 1.82) is 10.5 Å². The highest BCUT2D eigenvalue weighted by Gasteiger charge is 2.40. The van der Waals surface area contributed by atoms with Crippen molar-refractivity contribution in [1.82, 2.24) is 0 Å². The molecule has 3 nitrogen and oxygen atoms in total. The molecular formula is C28H15F12N3. The molecule has 3 aromatic carbocycles. The van der Waals surface area contributed by atoms with Gasteiger partial charge in [0.2, 0.25) is 0 Å². The summed E-state index contributed by atoms with van der Waals surface area (Å²) in [6.07, 6.45) is -21.6. The largest absolute Gasteiger partial charge is 0.416 e. The molecule has 0 heterocycles. The zero-order chi connectivity index (χ0) is 32.8. The first-order chi connectivity index (χ1) is 19.5. The van der Waals surface area contributed by atoms with Gasteiger partial charge in [-0.25, -0.2) is 0 Å². The SMILES string of the molecule is C=C(C)C(C#N)(C#N)c1ccc(N(c2cc(C(F)(F)F)cc(C(F)(F)F)c2)c2cc(C(F)(F)F)cc(C(F)(F)F)c2)cc1. The van der Waals surface area contributed by atoms with Crippen LogP contribution in [0.4, 0.5) is 69.7 Å². The number of benzene rings is 3. The number of nitrogens with zero attached hydrogens (tertiary/aromatic N) is 3. The molecule has 0 N–H and O–H groups in total. The molecule has 0 aromatic heterocycles. The first-order valence-corrected chi connectivity index (χ1v) is 11.5. The summed E-state index contributed by atoms with van der Waals surface area (Å²) in [6.45, 7) is 4.86. The summed E-state index contributed by atoms with van der Waals surface area (Å²) in [4.78, 5) is 0.333. The maximum atomic E-state index is 13.6. The fourth-order valence-corrected chi connectivity index (χ4v) is 4.03. The first-order valence-electron chi connectivity index (χ1n) is 11.5. The Morgan fingerprint density at radius 2 is 0.837 bits per heavy atom. The van der Waals surface area contributed by atoms with E-state index < -0.39 is 69.4 Å². The van der Waals surface area contributed by atoms with E-state index in [-0.39, 0.29) is 47.5 Å². The predicted molar refractivity (Wildman–Crippen MR) is 129 cm³/mol. The number of anilines is 3. The highest BCUT2D eigenvalue weighted by atomic mass is 19.4. The van der Waals surface area contributed by atoms with Crippen LogP contribution in [0, 0.1) is 22.7 Å². The van der Waals surface area contributed by atoms with Crippen molar-refractivity contribution in [2.24, 2.45) is 0 Å². The van der Waals surface area contributed by atoms with Crippen LogP contribution in [0.3, 0.4) is 0 Å². The molecule has 0 aliphatic carbocycles. The van der Waals surface area contributed by atoms with Gasteiger partial charge < -0.3 is 4.90 Å². The van der Waals surface area contributed by atoms with Crippen molar-refractivity contribution >= 4 is 17.1 Å². The van der Waals surface area contributed by atoms with E-state index in [0.29, 0.717) is 4.90 Å². The average Bonchev–Trinajstić information content (AvgIpc) is 2.88. The number of alkyl halides is 12. The minimum absolute atomic E-state index is 0.0162. The highest BCUT2D eigenvalue weighted by molar-refractivity contribution is 5.78. The molecule has 0 spiro atoms. The monoisotopic (exact) mass is 621 g/mol. The Balaban J connectivity index is 2.47. The summed E-state index contributed by atoms with van der Waals surface area (Å²) < 4.78 is 164. The summed E-state index contributed by atoms with van der Waals surface area (Å²) >= 11 is 0. The molecule has 0 aliphatic rings. The lowest BCUT2D eigenvalue weighted by atomic mass is 9.78. The lowest BCUT2D eigenvalue weighted by molar-refractivity contribution is -0.144. The molecule has 0 amide bonds. The molecule has 0 atom stereocenters. The van der Waals surface area contributed by atoms with E-state index >= 15 is 0 Å². The fraction of sp³-hybridized carbons (Fsp3) is 0.214. The molecule has 3 rings (SSSR count). The summed E-state index contributed by atoms with van der Waals surface area (Å²) in [7, 11) is 0. The van der Waals surface area contributed by atoms with Crippen LogP contribution in [0.2, 0.25) is 0 Å². The lowest BCUT2D eigenvalue weighted by Crippen LogP contribution is -2.23. The molecule has 15 heteroatoms. The Morgan fingerprint density at radius 1 is 0.535 bits per heavy atom. The Bertz CT molecular complexity index is 1460. The van der Waals surface area contributed by atoms with Crippen LogP contribution in [0.15, 0.2) is 72.8 Å². The van der Waals surface area contributed by atoms with Gasteiger partial charge in [0, 0.05) is 17.1 Å². The van der Waals surface area contributed by atoms with Crippen molar-refractivity contribution in [2.45, 2.75) is 37.0 Å². The van der Waals surface area contributed by atoms with Gasteiger partial charge in [-0.1, -0.05) is 18.7 Å². The third kappa shape index (κ3) is 6.71. The van der Waals surface area contributed by atoms with E-state index in [1.807, 2.05) is 0 Å². The van der Waals surface area contributed by atoms with E-state index in [0.717, 1.165) is 24.3 Å². The lowest BCUT2D eigenvalue weighted by Gasteiger charge is -2.29. The topological polar surface area (TPSA) is 50.8 Å². The Kier molecular flexibility index (Phi) is 8.31. The van der Waals surface area contributed by atoms with Crippen LogP contribution in [-0.2, 0) is 30.1 Å². The molecule has 0 unspecified atom stereocenters. The third-order valence-electron chi connectivity index (χ3n) is 6.20. The maximum Gasteiger partial charge on any atom is 0.416 e. The molecule has 0 saturated carbocycles. The standard InChI is InChI=1S/C28H15F12N3/c1-15(2)24(13-41,14-42)16-3-5-21(6-4-16)43(22-9-17(25(29,30)31)7-18(10-22)26(32,33)34)23-11-19(27(35,36)37)8-20(12-23)28(38,39)40/h3-12H,1H2,2H3. The van der Waals surface area contributed by atoms with Gasteiger partial charge in [-0.3, -0.25) is 0 Å². The first kappa shape index (κ1) is 32.8. The number of rotatable bonds is 5. The van der Waals surface area contributed by atoms with Crippen LogP contribution in [0.5, 0.6) is 0 Å². The molecule has 43 heavy (non-hydrogen) atoms. The number of halogens is 12. The van der Waals surface area contributed by atoms with Gasteiger partial charge >= 0.3 is 24.7 Å².